The van der Waals surface area contributed by atoms with E-state index in [2.05, 4.69) is 80.9 Å². The van der Waals surface area contributed by atoms with Crippen molar-refractivity contribution in [1.82, 2.24) is 0 Å². The van der Waals surface area contributed by atoms with Crippen LogP contribution in [0.5, 0.6) is 5.75 Å². The highest BCUT2D eigenvalue weighted by Gasteiger charge is 2.33. The van der Waals surface area contributed by atoms with E-state index in [1.54, 1.807) is 64.3 Å². The van der Waals surface area contributed by atoms with Crippen LogP contribution in [0.3, 0.4) is 0 Å². The summed E-state index contributed by atoms with van der Waals surface area (Å²) in [5.41, 5.74) is 15.0. The van der Waals surface area contributed by atoms with E-state index >= 15 is 0 Å². The van der Waals surface area contributed by atoms with Gasteiger partial charge < -0.3 is 4.74 Å². The van der Waals surface area contributed by atoms with Gasteiger partial charge in [0.15, 0.2) is 0 Å². The topological polar surface area (TPSA) is 9.23 Å². The molecule has 21 heteroatoms. The SMILES string of the molecule is COc1cccc(Cl)c1C.Cc1c(Cl)cccc1Br.Cc1c(Cl)cccc1Cl.Cc1c(F)cccc1C(F)(F)F.Cc1c(F)cccc1Cl.Cc1c(F)cccc1F.Cc1cccc(C)c1C.Cc1cccc(Cl)c1C.Cc1cccc(Cl)c1C.Cc1cccc(Cl)c1Cl.Cc1cccc(F)c1C.Cc1cccc(F)c1Cl. The van der Waals surface area contributed by atoms with Gasteiger partial charge in [0.25, 0.3) is 0 Å². The number of hydrogen-bond donors (Lipinski definition) is 0. The van der Waals surface area contributed by atoms with E-state index < -0.39 is 29.2 Å². The molecule has 0 N–H and O–H groups in total. The first-order valence-electron chi connectivity index (χ1n) is 34.1. The summed E-state index contributed by atoms with van der Waals surface area (Å²) in [6.07, 6.45) is -4.47. The maximum atomic E-state index is 12.6. The lowest BCUT2D eigenvalue weighted by atomic mass is 10.1. The molecule has 0 aliphatic rings. The van der Waals surface area contributed by atoms with Gasteiger partial charge in [0.05, 0.1) is 27.7 Å². The molecule has 0 radical (unpaired) electrons. The van der Waals surface area contributed by atoms with Crippen LogP contribution < -0.4 is 4.74 Å². The van der Waals surface area contributed by atoms with Crippen LogP contribution in [0.4, 0.5) is 39.5 Å². The van der Waals surface area contributed by atoms with Crippen molar-refractivity contribution in [3.8, 4) is 5.75 Å². The van der Waals surface area contributed by atoms with Crippen molar-refractivity contribution >= 4 is 132 Å². The predicted molar refractivity (Wildman–Crippen MR) is 467 cm³/mol. The molecular weight excluding hydrogens is 1710 g/mol. The fourth-order valence-corrected chi connectivity index (χ4v) is 10.6. The Morgan fingerprint density at radius 3 is 0.768 bits per heavy atom. The molecule has 12 aromatic rings. The van der Waals surface area contributed by atoms with Crippen LogP contribution in [0.1, 0.15) is 100 Å². The molecule has 0 atom stereocenters. The van der Waals surface area contributed by atoms with Crippen LogP contribution in [-0.2, 0) is 6.18 Å². The first kappa shape index (κ1) is 103. The molecule has 12 rings (SSSR count). The lowest BCUT2D eigenvalue weighted by Crippen LogP contribution is -2.08. The number of methoxy groups -OCH3 is 1. The molecule has 1 nitrogen and oxygen atoms in total. The van der Waals surface area contributed by atoms with Crippen molar-refractivity contribution in [3.63, 3.8) is 0 Å². The molecule has 12 aromatic carbocycles. The second-order valence-corrected chi connectivity index (χ2v) is 29.5. The molecule has 0 spiro atoms. The maximum Gasteiger partial charge on any atom is 0.416 e. The summed E-state index contributed by atoms with van der Waals surface area (Å²) in [4.78, 5) is 0. The zero-order chi connectivity index (χ0) is 85.4. The third kappa shape index (κ3) is 37.6. The molecule has 0 amide bonds. The quantitative estimate of drug-likeness (QED) is 0.149. The number of alkyl halides is 3. The number of benzene rings is 12. The number of rotatable bonds is 1. The van der Waals surface area contributed by atoms with Crippen molar-refractivity contribution in [2.45, 2.75) is 124 Å². The molecule has 0 saturated carbocycles. The van der Waals surface area contributed by atoms with Gasteiger partial charge in [-0.2, -0.15) is 13.2 Å². The third-order valence-corrected chi connectivity index (χ3v) is 21.7. The molecule has 0 bridgehead atoms. The van der Waals surface area contributed by atoms with E-state index in [-0.39, 0.29) is 33.6 Å². The summed E-state index contributed by atoms with van der Waals surface area (Å²) < 4.78 is 117. The second kappa shape index (κ2) is 53.4. The van der Waals surface area contributed by atoms with Crippen molar-refractivity contribution < 1.29 is 44.3 Å². The molecule has 0 aliphatic heterocycles. The third-order valence-electron chi connectivity index (χ3n) is 16.6. The van der Waals surface area contributed by atoms with Crippen LogP contribution in [0.15, 0.2) is 223 Å². The average Bonchev–Trinajstić information content (AvgIpc) is 0.826. The van der Waals surface area contributed by atoms with Crippen LogP contribution in [0, 0.1) is 153 Å². The van der Waals surface area contributed by atoms with Gasteiger partial charge in [-0.1, -0.05) is 247 Å². The average molecular weight is 1810 g/mol. The Balaban J connectivity index is 0.000000611. The number of aryl methyl sites for hydroxylation is 7. The Morgan fingerprint density at radius 1 is 0.232 bits per heavy atom. The van der Waals surface area contributed by atoms with Crippen molar-refractivity contribution in [1.29, 1.82) is 0 Å². The smallest absolute Gasteiger partial charge is 0.416 e. The van der Waals surface area contributed by atoms with Gasteiger partial charge in [-0.3, -0.25) is 0 Å². The summed E-state index contributed by atoms with van der Waals surface area (Å²) in [5.74, 6) is -1.68. The molecule has 0 aromatic heterocycles. The van der Waals surface area contributed by atoms with Gasteiger partial charge in [0.1, 0.15) is 40.7 Å². The lowest BCUT2D eigenvalue weighted by Gasteiger charge is -2.09. The molecule has 600 valence electrons. The standard InChI is InChI=1S/C9H12.C8H9ClO.2C8H9Cl.C8H6F4.C8H9F.C7H6BrCl.2C7H6Cl2.2C7H6ClF.C7H6F2/c1-7-5-4-6-8(2)9(7)3;1-6-7(9)4-3-5-8(6)10-2;2*1-6-4-3-5-8(9)7(6)2;1-5-6(8(10,11)12)3-2-4-7(5)9;1-6-4-3-5-8(9)7(6)2;2*1-5-6(8)3-2-4-7(5)9;1-5-3-2-4-6(8)7(5)9;1-5-6(8)3-2-4-7(5)9;1-5-3-2-4-6(9)7(5)8;1-5-6(8)3-2-4-7(5)9/h4-6H,1-3H3;3-5H,1-2H3;2*3-5H,1-2H3;2-4H,1H3;3-5H,1-2H3;6*2-4H,1H3. The Morgan fingerprint density at radius 2 is 0.491 bits per heavy atom. The zero-order valence-electron chi connectivity index (χ0n) is 65.3. The van der Waals surface area contributed by atoms with Crippen molar-refractivity contribution in [2.75, 3.05) is 7.11 Å². The second-order valence-electron chi connectivity index (χ2n) is 24.7. The maximum absolute atomic E-state index is 12.6. The Labute approximate surface area is 715 Å². The molecule has 0 aliphatic carbocycles. The van der Waals surface area contributed by atoms with E-state index in [0.29, 0.717) is 20.6 Å². The first-order valence-corrected chi connectivity index (χ1v) is 38.6. The zero-order valence-corrected chi connectivity index (χ0v) is 74.4. The largest absolute Gasteiger partial charge is 0.496 e. The molecule has 0 saturated heterocycles. The summed E-state index contributed by atoms with van der Waals surface area (Å²) in [6, 6.07) is 61.9. The minimum Gasteiger partial charge on any atom is -0.496 e. The van der Waals surface area contributed by atoms with E-state index in [4.69, 9.17) is 121 Å². The minimum atomic E-state index is -4.47. The highest BCUT2D eigenvalue weighted by molar-refractivity contribution is 9.10. The first-order chi connectivity index (χ1) is 52.3. The van der Waals surface area contributed by atoms with Crippen molar-refractivity contribution in [2.24, 2.45) is 0 Å². The van der Waals surface area contributed by atoms with Gasteiger partial charge >= 0.3 is 6.18 Å². The van der Waals surface area contributed by atoms with E-state index in [0.717, 1.165) is 104 Å². The number of halogens is 20. The van der Waals surface area contributed by atoms with Crippen molar-refractivity contribution in [3.05, 3.63) is 408 Å². The molecule has 0 heterocycles. The van der Waals surface area contributed by atoms with Crippen LogP contribution in [-0.4, -0.2) is 7.11 Å². The number of hydrogen-bond acceptors (Lipinski definition) is 1. The van der Waals surface area contributed by atoms with E-state index in [1.807, 2.05) is 146 Å². The Bertz CT molecular complexity index is 3870. The van der Waals surface area contributed by atoms with Gasteiger partial charge in [-0.05, 0) is 299 Å². The molecular formula is C91H90BrCl10F9O. The van der Waals surface area contributed by atoms with Crippen LogP contribution >= 0.6 is 132 Å². The highest BCUT2D eigenvalue weighted by atomic mass is 79.9. The fourth-order valence-electron chi connectivity index (χ4n) is 8.31. The van der Waals surface area contributed by atoms with Gasteiger partial charge in [0.2, 0.25) is 0 Å². The van der Waals surface area contributed by atoms with Gasteiger partial charge in [-0.25, -0.2) is 26.3 Å². The van der Waals surface area contributed by atoms with Crippen LogP contribution in [0.25, 0.3) is 0 Å². The molecule has 0 fully saturated rings. The summed E-state index contributed by atoms with van der Waals surface area (Å²) in [7, 11) is 1.64. The minimum absolute atomic E-state index is 0.0810. The monoisotopic (exact) mass is 1800 g/mol. The number of ether oxygens (including phenoxy) is 1. The molecule has 112 heavy (non-hydrogen) atoms. The van der Waals surface area contributed by atoms with E-state index in [9.17, 15) is 39.5 Å². The van der Waals surface area contributed by atoms with Crippen LogP contribution in [0.2, 0.25) is 50.2 Å². The van der Waals surface area contributed by atoms with Gasteiger partial charge in [-0.15, -0.1) is 0 Å². The lowest BCUT2D eigenvalue weighted by molar-refractivity contribution is -0.138. The Hall–Kier alpha value is -6.81. The summed E-state index contributed by atoms with van der Waals surface area (Å²) in [6.45, 7) is 32.0. The fraction of sp³-hybridized carbons (Fsp3) is 0.209. The van der Waals surface area contributed by atoms with Gasteiger partial charge in [0, 0.05) is 56.3 Å². The summed E-state index contributed by atoms with van der Waals surface area (Å²) in [5, 5.41) is 6.70. The highest BCUT2D eigenvalue weighted by Crippen LogP contribution is 2.33. The van der Waals surface area contributed by atoms with E-state index in [1.165, 1.54) is 82.3 Å². The molecule has 0 unspecified atom stereocenters. The Kier molecular flexibility index (Phi) is 49.2. The normalized spacial score (nSPS) is 9.88. The summed E-state index contributed by atoms with van der Waals surface area (Å²) >= 11 is 60.5. The predicted octanol–water partition coefficient (Wildman–Crippen LogP) is 34.6.